The molecule has 0 bridgehead atoms. The number of carbonyl (C=O) groups is 1. The van der Waals surface area contributed by atoms with Crippen molar-refractivity contribution in [2.75, 3.05) is 5.34 Å². The highest BCUT2D eigenvalue weighted by molar-refractivity contribution is 6.40. The molecule has 66 valence electrons. The summed E-state index contributed by atoms with van der Waals surface area (Å²) in [5.74, 6) is -0.329. The normalized spacial score (nSPS) is 5.73. The smallest absolute Gasteiger partial charge is 0.307 e. The maximum Gasteiger partial charge on any atom is 0.307 e. The highest BCUT2D eigenvalue weighted by atomic mass is 35.5. The zero-order valence-electron chi connectivity index (χ0n) is 6.48. The third-order valence-electron chi connectivity index (χ3n) is 0.249. The van der Waals surface area contributed by atoms with Gasteiger partial charge in [0.2, 0.25) is 0 Å². The van der Waals surface area contributed by atoms with Gasteiger partial charge in [0.15, 0.2) is 0 Å². The van der Waals surface area contributed by atoms with Crippen LogP contribution < -0.4 is 0 Å². The molecular weight excluding hydrogens is 187 g/mol. The molecule has 4 heteroatoms. The van der Waals surface area contributed by atoms with E-state index in [4.69, 9.17) is 23.2 Å². The molecule has 0 saturated heterocycles. The van der Waals surface area contributed by atoms with Crippen LogP contribution in [0.1, 0.15) is 6.92 Å². The summed E-state index contributed by atoms with van der Waals surface area (Å²) in [6, 6.07) is 0. The average molecular weight is 199 g/mol. The molecule has 0 atom stereocenters. The van der Waals surface area contributed by atoms with Crippen LogP contribution >= 0.6 is 23.2 Å². The number of carbonyl (C=O) groups excluding carboxylic acids is 1. The lowest BCUT2D eigenvalue weighted by atomic mass is 10.8. The maximum atomic E-state index is 9.75. The highest BCUT2D eigenvalue weighted by Gasteiger charge is 1.79. The van der Waals surface area contributed by atoms with E-state index in [0.717, 1.165) is 6.26 Å². The van der Waals surface area contributed by atoms with E-state index >= 15 is 0 Å². The van der Waals surface area contributed by atoms with Gasteiger partial charge in [-0.2, -0.15) is 0 Å². The van der Waals surface area contributed by atoms with Crippen molar-refractivity contribution in [3.8, 4) is 0 Å². The average Bonchev–Trinajstić information content (AvgIpc) is 1.93. The number of ether oxygens (including phenoxy) is 1. The van der Waals surface area contributed by atoms with Crippen LogP contribution in [0.4, 0.5) is 0 Å². The summed E-state index contributed by atoms with van der Waals surface area (Å²) >= 11 is 9.53. The number of rotatable bonds is 1. The van der Waals surface area contributed by atoms with E-state index in [-0.39, 0.29) is 11.3 Å². The van der Waals surface area contributed by atoms with E-state index in [1.807, 2.05) is 0 Å². The quantitative estimate of drug-likeness (QED) is 0.281. The minimum atomic E-state index is -0.329. The van der Waals surface area contributed by atoms with E-state index in [1.165, 1.54) is 6.92 Å². The van der Waals surface area contributed by atoms with Crippen molar-refractivity contribution in [3.63, 3.8) is 0 Å². The molecule has 0 aliphatic carbocycles. The number of esters is 1. The third kappa shape index (κ3) is 84.4. The van der Waals surface area contributed by atoms with Gasteiger partial charge in [0, 0.05) is 6.92 Å². The molecule has 0 spiro atoms. The van der Waals surface area contributed by atoms with E-state index < -0.39 is 0 Å². The molecule has 2 nitrogen and oxygen atoms in total. The molecule has 0 aromatic rings. The Labute approximate surface area is 77.4 Å². The van der Waals surface area contributed by atoms with E-state index in [1.54, 1.807) is 0 Å². The fourth-order valence-corrected chi connectivity index (χ4v) is 0.117. The number of hydrogen-bond donors (Lipinski definition) is 0. The molecule has 0 amide bonds. The molecule has 0 aromatic carbocycles. The summed E-state index contributed by atoms with van der Waals surface area (Å²) in [6.45, 7) is 10.5. The number of hydrogen-bond acceptors (Lipinski definition) is 2. The van der Waals surface area contributed by atoms with Gasteiger partial charge in [-0.1, -0.05) is 6.58 Å². The monoisotopic (exact) mass is 198 g/mol. The summed E-state index contributed by atoms with van der Waals surface area (Å²) < 4.78 is 4.17. The van der Waals surface area contributed by atoms with Gasteiger partial charge >= 0.3 is 5.97 Å². The fraction of sp³-hybridized carbons (Fsp3) is 0.286. The Bertz CT molecular complexity index is 94.4. The summed E-state index contributed by atoms with van der Waals surface area (Å²) in [7, 11) is 0. The van der Waals surface area contributed by atoms with Crippen molar-refractivity contribution >= 4 is 29.2 Å². The molecule has 0 aromatic heterocycles. The Kier molecular flexibility index (Phi) is 34.8. The molecule has 0 aliphatic rings. The first-order valence-electron chi connectivity index (χ1n) is 2.59. The highest BCUT2D eigenvalue weighted by Crippen LogP contribution is 1.73. The molecule has 0 aliphatic heterocycles. The lowest BCUT2D eigenvalue weighted by molar-refractivity contribution is -0.135. The lowest BCUT2D eigenvalue weighted by Gasteiger charge is -1.83. The molecule has 0 fully saturated rings. The minimum absolute atomic E-state index is 0.194. The lowest BCUT2D eigenvalue weighted by Crippen LogP contribution is -1.87. The Morgan fingerprint density at radius 2 is 1.82 bits per heavy atom. The maximum absolute atomic E-state index is 9.75. The van der Waals surface area contributed by atoms with E-state index in [9.17, 15) is 4.79 Å². The van der Waals surface area contributed by atoms with Crippen LogP contribution in [0.25, 0.3) is 0 Å². The van der Waals surface area contributed by atoms with Crippen molar-refractivity contribution in [2.45, 2.75) is 6.92 Å². The summed E-state index contributed by atoms with van der Waals surface area (Å²) in [5, 5.41) is 0.194. The molecular formula is C7H12Cl2O2. The summed E-state index contributed by atoms with van der Waals surface area (Å²) in [6.07, 6.45) is 1.10. The van der Waals surface area contributed by atoms with Crippen LogP contribution in [0.5, 0.6) is 0 Å². The van der Waals surface area contributed by atoms with Crippen molar-refractivity contribution in [2.24, 2.45) is 0 Å². The van der Waals surface area contributed by atoms with Crippen LogP contribution in [0.3, 0.4) is 0 Å². The predicted octanol–water partition coefficient (Wildman–Crippen LogP) is 2.92. The zero-order valence-corrected chi connectivity index (χ0v) is 7.99. The molecule has 11 heavy (non-hydrogen) atoms. The van der Waals surface area contributed by atoms with Gasteiger partial charge in [-0.3, -0.25) is 4.79 Å². The van der Waals surface area contributed by atoms with Crippen molar-refractivity contribution < 1.29 is 9.53 Å². The first-order chi connectivity index (χ1) is 5.18. The standard InChI is InChI=1S/C4H6O2.C2H4.CH2Cl2/c1-3-6-4(2)5;1-2;2-1-3/h3H,1H2,2H3;1-2H2;1H2. The van der Waals surface area contributed by atoms with Gasteiger partial charge in [0.05, 0.1) is 11.6 Å². The predicted molar refractivity (Wildman–Crippen MR) is 49.8 cm³/mol. The Morgan fingerprint density at radius 3 is 1.82 bits per heavy atom. The van der Waals surface area contributed by atoms with Gasteiger partial charge in [0.1, 0.15) is 0 Å². The summed E-state index contributed by atoms with van der Waals surface area (Å²) in [5.41, 5.74) is 0. The molecule has 0 N–H and O–H groups in total. The second-order valence-corrected chi connectivity index (χ2v) is 1.69. The SMILES string of the molecule is C=C.C=COC(C)=O.ClCCl. The molecule has 0 heterocycles. The van der Waals surface area contributed by atoms with Crippen LogP contribution in [-0.2, 0) is 9.53 Å². The first kappa shape index (κ1) is 16.9. The third-order valence-corrected chi connectivity index (χ3v) is 0.249. The van der Waals surface area contributed by atoms with Crippen LogP contribution in [0.2, 0.25) is 0 Å². The minimum Gasteiger partial charge on any atom is -0.435 e. The van der Waals surface area contributed by atoms with Crippen molar-refractivity contribution in [1.29, 1.82) is 0 Å². The van der Waals surface area contributed by atoms with E-state index in [2.05, 4.69) is 24.5 Å². The van der Waals surface area contributed by atoms with E-state index in [0.29, 0.717) is 0 Å². The molecule has 0 radical (unpaired) electrons. The molecule has 0 saturated carbocycles. The Balaban J connectivity index is -0.000000109. The Morgan fingerprint density at radius 1 is 1.55 bits per heavy atom. The zero-order chi connectivity index (χ0) is 9.70. The van der Waals surface area contributed by atoms with Crippen molar-refractivity contribution in [3.05, 3.63) is 26.0 Å². The van der Waals surface area contributed by atoms with Crippen LogP contribution in [0, 0.1) is 0 Å². The topological polar surface area (TPSA) is 26.3 Å². The van der Waals surface area contributed by atoms with Gasteiger partial charge in [-0.25, -0.2) is 0 Å². The number of alkyl halides is 2. The number of halogens is 2. The Hall–Kier alpha value is -0.470. The van der Waals surface area contributed by atoms with Crippen LogP contribution in [-0.4, -0.2) is 11.3 Å². The second kappa shape index (κ2) is 22.7. The van der Waals surface area contributed by atoms with Gasteiger partial charge in [0.25, 0.3) is 0 Å². The van der Waals surface area contributed by atoms with Gasteiger partial charge < -0.3 is 4.74 Å². The molecule has 0 unspecified atom stereocenters. The second-order valence-electron chi connectivity index (χ2n) is 0.877. The van der Waals surface area contributed by atoms with Gasteiger partial charge in [-0.05, 0) is 0 Å². The first-order valence-corrected chi connectivity index (χ1v) is 3.66. The van der Waals surface area contributed by atoms with Crippen molar-refractivity contribution in [1.82, 2.24) is 0 Å². The largest absolute Gasteiger partial charge is 0.435 e. The summed E-state index contributed by atoms with van der Waals surface area (Å²) in [4.78, 5) is 9.75. The van der Waals surface area contributed by atoms with Crippen LogP contribution in [0.15, 0.2) is 26.0 Å². The van der Waals surface area contributed by atoms with Gasteiger partial charge in [-0.15, -0.1) is 36.4 Å². The fourth-order valence-electron chi connectivity index (χ4n) is 0.117. The molecule has 0 rings (SSSR count).